The number of halogens is 1. The zero-order valence-electron chi connectivity index (χ0n) is 13.0. The molecule has 7 heteroatoms. The van der Waals surface area contributed by atoms with Gasteiger partial charge in [0, 0.05) is 5.92 Å². The van der Waals surface area contributed by atoms with E-state index in [-0.39, 0.29) is 12.0 Å². The molecule has 2 aromatic heterocycles. The van der Waals surface area contributed by atoms with Gasteiger partial charge in [0.25, 0.3) is 0 Å². The van der Waals surface area contributed by atoms with Gasteiger partial charge in [0.15, 0.2) is 11.5 Å². The van der Waals surface area contributed by atoms with Gasteiger partial charge < -0.3 is 15.0 Å². The van der Waals surface area contributed by atoms with E-state index in [0.29, 0.717) is 36.6 Å². The number of nitrogens with zero attached hydrogens (tertiary/aromatic N) is 4. The third-order valence-corrected chi connectivity index (χ3v) is 4.55. The smallest absolute Gasteiger partial charge is 0.165 e. The highest BCUT2D eigenvalue weighted by atomic mass is 19.1. The Morgan fingerprint density at radius 2 is 2.04 bits per heavy atom. The third kappa shape index (κ3) is 2.60. The predicted octanol–water partition coefficient (Wildman–Crippen LogP) is 2.52. The summed E-state index contributed by atoms with van der Waals surface area (Å²) in [7, 11) is 0. The highest BCUT2D eigenvalue weighted by molar-refractivity contribution is 5.81. The maximum atomic E-state index is 14.6. The first kappa shape index (κ1) is 15.0. The van der Waals surface area contributed by atoms with Crippen LogP contribution >= 0.6 is 0 Å². The molecule has 1 aromatic carbocycles. The van der Waals surface area contributed by atoms with Gasteiger partial charge in [-0.3, -0.25) is 0 Å². The van der Waals surface area contributed by atoms with E-state index in [2.05, 4.69) is 15.0 Å². The molecule has 1 unspecified atom stereocenters. The quantitative estimate of drug-likeness (QED) is 0.779. The Kier molecular flexibility index (Phi) is 3.86. The van der Waals surface area contributed by atoms with Crippen LogP contribution in [0.15, 0.2) is 43.0 Å². The van der Waals surface area contributed by atoms with Crippen LogP contribution in [-0.2, 0) is 11.3 Å². The van der Waals surface area contributed by atoms with Crippen LogP contribution in [0, 0.1) is 5.92 Å². The number of fused-ring (bicyclic) bond motifs is 1. The number of hydrogen-bond acceptors (Lipinski definition) is 5. The van der Waals surface area contributed by atoms with Crippen molar-refractivity contribution >= 4 is 17.0 Å². The Hall–Kier alpha value is -2.54. The number of imidazole rings is 1. The molecular weight excluding hydrogens is 309 g/mol. The fourth-order valence-corrected chi connectivity index (χ4v) is 3.13. The number of aromatic nitrogens is 4. The highest BCUT2D eigenvalue weighted by Crippen LogP contribution is 2.42. The molecule has 1 fully saturated rings. The monoisotopic (exact) mass is 327 g/mol. The van der Waals surface area contributed by atoms with Crippen molar-refractivity contribution in [3.63, 3.8) is 0 Å². The Labute approximate surface area is 138 Å². The molecule has 0 bridgehead atoms. The SMILES string of the molecule is Nc1ncnc2c1ncn2C1C[C@@H](COCc2ccccc2)[C@H]1F. The first-order valence-corrected chi connectivity index (χ1v) is 7.93. The van der Waals surface area contributed by atoms with Crippen molar-refractivity contribution in [2.75, 3.05) is 12.3 Å². The van der Waals surface area contributed by atoms with E-state index in [1.165, 1.54) is 6.33 Å². The van der Waals surface area contributed by atoms with Crippen LogP contribution in [-0.4, -0.2) is 32.3 Å². The predicted molar refractivity (Wildman–Crippen MR) is 87.9 cm³/mol. The van der Waals surface area contributed by atoms with Crippen LogP contribution in [0.1, 0.15) is 18.0 Å². The van der Waals surface area contributed by atoms with E-state index >= 15 is 0 Å². The van der Waals surface area contributed by atoms with Crippen LogP contribution in [0.3, 0.4) is 0 Å². The lowest BCUT2D eigenvalue weighted by Gasteiger charge is -2.40. The normalized spacial score (nSPS) is 23.3. The Morgan fingerprint density at radius 1 is 1.21 bits per heavy atom. The number of hydrogen-bond donors (Lipinski definition) is 1. The molecule has 2 heterocycles. The van der Waals surface area contributed by atoms with Crippen LogP contribution < -0.4 is 5.73 Å². The van der Waals surface area contributed by atoms with Gasteiger partial charge in [-0.25, -0.2) is 19.3 Å². The van der Waals surface area contributed by atoms with Crippen molar-refractivity contribution in [2.45, 2.75) is 25.2 Å². The molecule has 3 atom stereocenters. The average molecular weight is 327 g/mol. The van der Waals surface area contributed by atoms with E-state index in [9.17, 15) is 4.39 Å². The van der Waals surface area contributed by atoms with Gasteiger partial charge in [-0.2, -0.15) is 0 Å². The maximum Gasteiger partial charge on any atom is 0.165 e. The van der Waals surface area contributed by atoms with E-state index in [1.54, 1.807) is 10.9 Å². The highest BCUT2D eigenvalue weighted by Gasteiger charge is 2.43. The van der Waals surface area contributed by atoms with Crippen LogP contribution in [0.25, 0.3) is 11.2 Å². The first-order valence-electron chi connectivity index (χ1n) is 7.93. The Balaban J connectivity index is 1.37. The molecule has 0 spiro atoms. The average Bonchev–Trinajstić information content (AvgIpc) is 3.03. The molecule has 1 aliphatic carbocycles. The number of benzene rings is 1. The standard InChI is InChI=1S/C17H18FN5O/c18-14-12(8-24-7-11-4-2-1-3-5-11)6-13(14)23-10-22-15-16(19)20-9-21-17(15)23/h1-5,9-10,12-14H,6-8H2,(H2,19,20,21)/t12-,13?,14+/m0/s1. The van der Waals surface area contributed by atoms with Crippen LogP contribution in [0.2, 0.25) is 0 Å². The minimum Gasteiger partial charge on any atom is -0.382 e. The molecule has 0 saturated heterocycles. The van der Waals surface area contributed by atoms with Gasteiger partial charge in [0.1, 0.15) is 18.0 Å². The molecule has 0 radical (unpaired) electrons. The summed E-state index contributed by atoms with van der Waals surface area (Å²) in [5.74, 6) is 0.214. The molecule has 1 aliphatic rings. The van der Waals surface area contributed by atoms with Crippen molar-refractivity contribution in [2.24, 2.45) is 5.92 Å². The number of alkyl halides is 1. The summed E-state index contributed by atoms with van der Waals surface area (Å²) in [4.78, 5) is 12.3. The zero-order chi connectivity index (χ0) is 16.5. The number of ether oxygens (including phenoxy) is 1. The Bertz CT molecular complexity index is 837. The molecule has 3 aromatic rings. The van der Waals surface area contributed by atoms with Gasteiger partial charge in [-0.05, 0) is 12.0 Å². The van der Waals surface area contributed by atoms with Gasteiger partial charge >= 0.3 is 0 Å². The molecule has 2 N–H and O–H groups in total. The molecule has 0 amide bonds. The van der Waals surface area contributed by atoms with Crippen molar-refractivity contribution < 1.29 is 9.13 Å². The number of anilines is 1. The fourth-order valence-electron chi connectivity index (χ4n) is 3.13. The lowest BCUT2D eigenvalue weighted by molar-refractivity contribution is -0.0290. The van der Waals surface area contributed by atoms with Crippen LogP contribution in [0.4, 0.5) is 10.2 Å². The number of nitrogen functional groups attached to an aromatic ring is 1. The lowest BCUT2D eigenvalue weighted by atomic mass is 9.78. The van der Waals surface area contributed by atoms with Crippen molar-refractivity contribution in [1.29, 1.82) is 0 Å². The largest absolute Gasteiger partial charge is 0.382 e. The summed E-state index contributed by atoms with van der Waals surface area (Å²) < 4.78 is 22.0. The molecule has 24 heavy (non-hydrogen) atoms. The second kappa shape index (κ2) is 6.16. The van der Waals surface area contributed by atoms with Gasteiger partial charge in [-0.1, -0.05) is 30.3 Å². The first-order chi connectivity index (χ1) is 11.7. The topological polar surface area (TPSA) is 78.9 Å². The number of nitrogens with two attached hydrogens (primary N) is 1. The molecule has 4 rings (SSSR count). The van der Waals surface area contributed by atoms with Crippen molar-refractivity contribution in [3.8, 4) is 0 Å². The second-order valence-electron chi connectivity index (χ2n) is 6.09. The summed E-state index contributed by atoms with van der Waals surface area (Å²) in [6, 6.07) is 9.62. The van der Waals surface area contributed by atoms with Gasteiger partial charge in [-0.15, -0.1) is 0 Å². The molecule has 0 aliphatic heterocycles. The van der Waals surface area contributed by atoms with E-state index in [1.807, 2.05) is 30.3 Å². The molecule has 6 nitrogen and oxygen atoms in total. The van der Waals surface area contributed by atoms with E-state index < -0.39 is 6.17 Å². The second-order valence-corrected chi connectivity index (χ2v) is 6.09. The minimum atomic E-state index is -0.977. The molecule has 1 saturated carbocycles. The van der Waals surface area contributed by atoms with E-state index in [4.69, 9.17) is 10.5 Å². The van der Waals surface area contributed by atoms with Crippen molar-refractivity contribution in [1.82, 2.24) is 19.5 Å². The number of rotatable bonds is 5. The van der Waals surface area contributed by atoms with Gasteiger partial charge in [0.05, 0.1) is 25.6 Å². The van der Waals surface area contributed by atoms with E-state index in [0.717, 1.165) is 5.56 Å². The summed E-state index contributed by atoms with van der Waals surface area (Å²) in [6.45, 7) is 0.919. The minimum absolute atomic E-state index is 0.102. The van der Waals surface area contributed by atoms with Crippen molar-refractivity contribution in [3.05, 3.63) is 48.5 Å². The summed E-state index contributed by atoms with van der Waals surface area (Å²) >= 11 is 0. The zero-order valence-corrected chi connectivity index (χ0v) is 13.0. The third-order valence-electron chi connectivity index (χ3n) is 4.55. The maximum absolute atomic E-state index is 14.6. The Morgan fingerprint density at radius 3 is 2.83 bits per heavy atom. The van der Waals surface area contributed by atoms with Crippen LogP contribution in [0.5, 0.6) is 0 Å². The summed E-state index contributed by atoms with van der Waals surface area (Å²) in [5.41, 5.74) is 7.97. The fraction of sp³-hybridized carbons (Fsp3) is 0.353. The molecular formula is C17H18FN5O. The summed E-state index contributed by atoms with van der Waals surface area (Å²) in [5, 5.41) is 0. The molecule has 124 valence electrons. The van der Waals surface area contributed by atoms with Gasteiger partial charge in [0.2, 0.25) is 0 Å². The summed E-state index contributed by atoms with van der Waals surface area (Å²) in [6.07, 6.45) is 2.69. The lowest BCUT2D eigenvalue weighted by Crippen LogP contribution is -2.42.